The zero-order valence-corrected chi connectivity index (χ0v) is 7.68. The van der Waals surface area contributed by atoms with Crippen molar-refractivity contribution in [1.82, 2.24) is 5.32 Å². The van der Waals surface area contributed by atoms with Crippen molar-refractivity contribution in [1.29, 1.82) is 0 Å². The van der Waals surface area contributed by atoms with Crippen LogP contribution < -0.4 is 5.32 Å². The number of thiophene rings is 1. The lowest BCUT2D eigenvalue weighted by Crippen LogP contribution is -2.12. The van der Waals surface area contributed by atoms with Gasteiger partial charge in [-0.1, -0.05) is 11.6 Å². The Balaban J connectivity index is 2.60. The smallest absolute Gasteiger partial charge is 0.147 e. The molecule has 0 amide bonds. The molecule has 11 heavy (non-hydrogen) atoms. The lowest BCUT2D eigenvalue weighted by molar-refractivity contribution is 0.341. The zero-order chi connectivity index (χ0) is 8.27. The molecule has 0 saturated heterocycles. The first-order chi connectivity index (χ1) is 5.24. The van der Waals surface area contributed by atoms with Crippen molar-refractivity contribution in [2.24, 2.45) is 0 Å². The third-order valence-corrected chi connectivity index (χ3v) is 2.60. The van der Waals surface area contributed by atoms with Crippen molar-refractivity contribution < 1.29 is 4.39 Å². The fraction of sp³-hybridized carbons (Fsp3) is 0.429. The first-order valence-corrected chi connectivity index (χ1v) is 4.47. The summed E-state index contributed by atoms with van der Waals surface area (Å²) in [5.74, 6) is 0. The third-order valence-electron chi connectivity index (χ3n) is 1.29. The van der Waals surface area contributed by atoms with E-state index in [0.717, 1.165) is 0 Å². The van der Waals surface area contributed by atoms with Crippen molar-refractivity contribution in [2.45, 2.75) is 6.17 Å². The molecule has 1 nitrogen and oxygen atoms in total. The van der Waals surface area contributed by atoms with E-state index in [0.29, 0.717) is 15.8 Å². The van der Waals surface area contributed by atoms with Gasteiger partial charge in [0.25, 0.3) is 0 Å². The number of nitrogens with one attached hydrogen (secondary N) is 1. The molecule has 62 valence electrons. The Kier molecular flexibility index (Phi) is 3.30. The lowest BCUT2D eigenvalue weighted by Gasteiger charge is -2.02. The van der Waals surface area contributed by atoms with E-state index in [1.54, 1.807) is 19.2 Å². The number of likely N-dealkylation sites (N-methyl/N-ethyl adjacent to an activating group) is 1. The molecule has 1 unspecified atom stereocenters. The highest BCUT2D eigenvalue weighted by atomic mass is 35.5. The quantitative estimate of drug-likeness (QED) is 0.779. The van der Waals surface area contributed by atoms with Gasteiger partial charge in [0.15, 0.2) is 0 Å². The molecule has 0 spiro atoms. The van der Waals surface area contributed by atoms with E-state index >= 15 is 0 Å². The molecule has 1 aromatic heterocycles. The molecule has 0 aromatic carbocycles. The van der Waals surface area contributed by atoms with Crippen LogP contribution in [0.15, 0.2) is 12.1 Å². The third kappa shape index (κ3) is 2.43. The second kappa shape index (κ2) is 4.04. The van der Waals surface area contributed by atoms with Crippen molar-refractivity contribution in [3.63, 3.8) is 0 Å². The summed E-state index contributed by atoms with van der Waals surface area (Å²) in [5.41, 5.74) is 0. The predicted molar refractivity (Wildman–Crippen MR) is 47.1 cm³/mol. The minimum Gasteiger partial charge on any atom is -0.316 e. The van der Waals surface area contributed by atoms with Crippen LogP contribution >= 0.6 is 22.9 Å². The molecule has 0 aliphatic carbocycles. The summed E-state index contributed by atoms with van der Waals surface area (Å²) < 4.78 is 13.7. The first kappa shape index (κ1) is 8.97. The molecular formula is C7H9ClFNS. The van der Waals surface area contributed by atoms with Crippen molar-refractivity contribution >= 4 is 22.9 Å². The fourth-order valence-corrected chi connectivity index (χ4v) is 1.82. The molecule has 0 aliphatic rings. The van der Waals surface area contributed by atoms with Crippen LogP contribution in [0.2, 0.25) is 4.34 Å². The second-order valence-electron chi connectivity index (χ2n) is 2.17. The lowest BCUT2D eigenvalue weighted by atomic mass is 10.3. The molecule has 0 fully saturated rings. The highest BCUT2D eigenvalue weighted by Gasteiger charge is 2.10. The minimum absolute atomic E-state index is 0.344. The Morgan fingerprint density at radius 1 is 1.73 bits per heavy atom. The van der Waals surface area contributed by atoms with E-state index < -0.39 is 6.17 Å². The molecule has 1 N–H and O–H groups in total. The molecule has 0 aliphatic heterocycles. The van der Waals surface area contributed by atoms with Gasteiger partial charge in [0.05, 0.1) is 4.34 Å². The minimum atomic E-state index is -0.933. The number of rotatable bonds is 3. The normalized spacial score (nSPS) is 13.4. The maximum absolute atomic E-state index is 13.0. The largest absolute Gasteiger partial charge is 0.316 e. The van der Waals surface area contributed by atoms with Crippen LogP contribution in [0.4, 0.5) is 4.39 Å². The van der Waals surface area contributed by atoms with E-state index in [-0.39, 0.29) is 0 Å². The summed E-state index contributed by atoms with van der Waals surface area (Å²) in [5, 5.41) is 2.76. The van der Waals surface area contributed by atoms with Gasteiger partial charge >= 0.3 is 0 Å². The van der Waals surface area contributed by atoms with Gasteiger partial charge in [0, 0.05) is 11.4 Å². The summed E-state index contributed by atoms with van der Waals surface area (Å²) in [6.45, 7) is 0.344. The topological polar surface area (TPSA) is 12.0 Å². The number of alkyl halides is 1. The summed E-state index contributed by atoms with van der Waals surface area (Å²) in [7, 11) is 1.72. The van der Waals surface area contributed by atoms with Crippen LogP contribution in [0.5, 0.6) is 0 Å². The Morgan fingerprint density at radius 2 is 2.45 bits per heavy atom. The van der Waals surface area contributed by atoms with Crippen LogP contribution in [-0.2, 0) is 0 Å². The second-order valence-corrected chi connectivity index (χ2v) is 3.91. The standard InChI is InChI=1S/C7H9ClFNS/c1-10-4-5(9)6-2-3-7(8)11-6/h2-3,5,10H,4H2,1H3. The number of hydrogen-bond acceptors (Lipinski definition) is 2. The van der Waals surface area contributed by atoms with E-state index in [9.17, 15) is 4.39 Å². The van der Waals surface area contributed by atoms with Gasteiger partial charge in [-0.25, -0.2) is 4.39 Å². The molecule has 1 aromatic rings. The molecule has 1 rings (SSSR count). The van der Waals surface area contributed by atoms with E-state index in [1.807, 2.05) is 0 Å². The van der Waals surface area contributed by atoms with Crippen molar-refractivity contribution in [3.8, 4) is 0 Å². The van der Waals surface area contributed by atoms with Crippen LogP contribution in [0.1, 0.15) is 11.0 Å². The Morgan fingerprint density at radius 3 is 2.91 bits per heavy atom. The number of halogens is 2. The van der Waals surface area contributed by atoms with Gasteiger partial charge in [-0.3, -0.25) is 0 Å². The molecule has 4 heteroatoms. The molecule has 0 saturated carbocycles. The van der Waals surface area contributed by atoms with Crippen LogP contribution in [-0.4, -0.2) is 13.6 Å². The fourth-order valence-electron chi connectivity index (χ4n) is 0.776. The van der Waals surface area contributed by atoms with Crippen LogP contribution in [0, 0.1) is 0 Å². The maximum Gasteiger partial charge on any atom is 0.147 e. The highest BCUT2D eigenvalue weighted by Crippen LogP contribution is 2.28. The zero-order valence-electron chi connectivity index (χ0n) is 6.10. The van der Waals surface area contributed by atoms with Crippen LogP contribution in [0.25, 0.3) is 0 Å². The Bertz CT molecular complexity index is 226. The maximum atomic E-state index is 13.0. The highest BCUT2D eigenvalue weighted by molar-refractivity contribution is 7.16. The van der Waals surface area contributed by atoms with Gasteiger partial charge in [-0.2, -0.15) is 0 Å². The summed E-state index contributed by atoms with van der Waals surface area (Å²) in [4.78, 5) is 0.685. The van der Waals surface area contributed by atoms with Crippen molar-refractivity contribution in [2.75, 3.05) is 13.6 Å². The van der Waals surface area contributed by atoms with E-state index in [4.69, 9.17) is 11.6 Å². The predicted octanol–water partition coefficient (Wildman–Crippen LogP) is 2.63. The molecule has 0 radical (unpaired) electrons. The molecule has 0 bridgehead atoms. The SMILES string of the molecule is CNCC(F)c1ccc(Cl)s1. The molecule has 1 atom stereocenters. The van der Waals surface area contributed by atoms with Crippen molar-refractivity contribution in [3.05, 3.63) is 21.3 Å². The van der Waals surface area contributed by atoms with E-state index in [2.05, 4.69) is 5.32 Å². The monoisotopic (exact) mass is 193 g/mol. The van der Waals surface area contributed by atoms with Gasteiger partial charge < -0.3 is 5.32 Å². The van der Waals surface area contributed by atoms with E-state index in [1.165, 1.54) is 11.3 Å². The summed E-state index contributed by atoms with van der Waals surface area (Å²) >= 11 is 6.92. The average molecular weight is 194 g/mol. The average Bonchev–Trinajstić information content (AvgIpc) is 2.36. The Labute approximate surface area is 74.2 Å². The molecule has 1 heterocycles. The number of hydrogen-bond donors (Lipinski definition) is 1. The van der Waals surface area contributed by atoms with Gasteiger partial charge in [0.1, 0.15) is 6.17 Å². The summed E-state index contributed by atoms with van der Waals surface area (Å²) in [6, 6.07) is 3.43. The summed E-state index contributed by atoms with van der Waals surface area (Å²) in [6.07, 6.45) is -0.933. The van der Waals surface area contributed by atoms with Crippen LogP contribution in [0.3, 0.4) is 0 Å². The Hall–Kier alpha value is -0.120. The van der Waals surface area contributed by atoms with Gasteiger partial charge in [-0.05, 0) is 19.2 Å². The first-order valence-electron chi connectivity index (χ1n) is 3.28. The van der Waals surface area contributed by atoms with Gasteiger partial charge in [0.2, 0.25) is 0 Å². The molecular weight excluding hydrogens is 185 g/mol. The van der Waals surface area contributed by atoms with Gasteiger partial charge in [-0.15, -0.1) is 11.3 Å².